The van der Waals surface area contributed by atoms with Crippen molar-refractivity contribution in [3.63, 3.8) is 0 Å². The van der Waals surface area contributed by atoms with Crippen LogP contribution in [-0.4, -0.2) is 33.9 Å². The third-order valence-electron chi connectivity index (χ3n) is 4.27. The van der Waals surface area contributed by atoms with Crippen LogP contribution in [0.5, 0.6) is 0 Å². The van der Waals surface area contributed by atoms with Gasteiger partial charge in [-0.05, 0) is 32.8 Å². The maximum Gasteiger partial charge on any atom is 0.255 e. The van der Waals surface area contributed by atoms with Gasteiger partial charge in [-0.15, -0.1) is 0 Å². The van der Waals surface area contributed by atoms with E-state index in [1.54, 1.807) is 6.20 Å². The normalized spacial score (nSPS) is 19.7. The fourth-order valence-corrected chi connectivity index (χ4v) is 2.98. The molecule has 1 fully saturated rings. The number of nitrogens with one attached hydrogen (secondary N) is 1. The SMILES string of the molecule is Cc1c(C(=O)NC2COC(C)(C)C2)cnn1Cc1ccccc1. The molecule has 1 saturated heterocycles. The maximum atomic E-state index is 12.5. The number of carbonyl (C=O) groups excluding carboxylic acids is 1. The molecule has 0 bridgehead atoms. The minimum atomic E-state index is -0.162. The van der Waals surface area contributed by atoms with Crippen LogP contribution in [0.2, 0.25) is 0 Å². The molecular weight excluding hydrogens is 290 g/mol. The molecule has 1 aromatic carbocycles. The summed E-state index contributed by atoms with van der Waals surface area (Å²) in [6.07, 6.45) is 2.48. The summed E-state index contributed by atoms with van der Waals surface area (Å²) in [7, 11) is 0. The summed E-state index contributed by atoms with van der Waals surface area (Å²) in [6.45, 7) is 7.25. The Hall–Kier alpha value is -2.14. The summed E-state index contributed by atoms with van der Waals surface area (Å²) in [5, 5.41) is 7.41. The van der Waals surface area contributed by atoms with E-state index in [4.69, 9.17) is 4.74 Å². The Labute approximate surface area is 136 Å². The van der Waals surface area contributed by atoms with E-state index in [2.05, 4.69) is 22.5 Å². The average molecular weight is 313 g/mol. The summed E-state index contributed by atoms with van der Waals surface area (Å²) in [5.74, 6) is -0.0758. The maximum absolute atomic E-state index is 12.5. The largest absolute Gasteiger partial charge is 0.373 e. The van der Waals surface area contributed by atoms with Gasteiger partial charge < -0.3 is 10.1 Å². The lowest BCUT2D eigenvalue weighted by Gasteiger charge is -2.16. The van der Waals surface area contributed by atoms with Crippen LogP contribution >= 0.6 is 0 Å². The monoisotopic (exact) mass is 313 g/mol. The number of benzene rings is 1. The topological polar surface area (TPSA) is 56.1 Å². The van der Waals surface area contributed by atoms with Crippen molar-refractivity contribution in [2.75, 3.05) is 6.61 Å². The van der Waals surface area contributed by atoms with Crippen LogP contribution in [0.4, 0.5) is 0 Å². The van der Waals surface area contributed by atoms with Gasteiger partial charge in [-0.1, -0.05) is 30.3 Å². The summed E-state index contributed by atoms with van der Waals surface area (Å²) in [5.41, 5.74) is 2.51. The van der Waals surface area contributed by atoms with Crippen LogP contribution in [0, 0.1) is 6.92 Å². The number of carbonyl (C=O) groups is 1. The van der Waals surface area contributed by atoms with Crippen LogP contribution in [0.25, 0.3) is 0 Å². The lowest BCUT2D eigenvalue weighted by Crippen LogP contribution is -2.36. The summed E-state index contributed by atoms with van der Waals surface area (Å²) in [4.78, 5) is 12.5. The van der Waals surface area contributed by atoms with Crippen molar-refractivity contribution in [1.29, 1.82) is 0 Å². The zero-order chi connectivity index (χ0) is 16.4. The number of rotatable bonds is 4. The Bertz CT molecular complexity index is 692. The van der Waals surface area contributed by atoms with Crippen molar-refractivity contribution in [1.82, 2.24) is 15.1 Å². The molecule has 1 aromatic heterocycles. The second kappa shape index (κ2) is 6.16. The van der Waals surface area contributed by atoms with E-state index in [0.29, 0.717) is 18.7 Å². The number of hydrogen-bond acceptors (Lipinski definition) is 3. The van der Waals surface area contributed by atoms with Gasteiger partial charge in [0.25, 0.3) is 5.91 Å². The van der Waals surface area contributed by atoms with E-state index in [0.717, 1.165) is 17.7 Å². The van der Waals surface area contributed by atoms with E-state index < -0.39 is 0 Å². The molecule has 1 amide bonds. The molecule has 23 heavy (non-hydrogen) atoms. The molecular formula is C18H23N3O2. The van der Waals surface area contributed by atoms with E-state index in [-0.39, 0.29) is 17.6 Å². The van der Waals surface area contributed by atoms with Gasteiger partial charge in [0, 0.05) is 5.69 Å². The summed E-state index contributed by atoms with van der Waals surface area (Å²) in [6, 6.07) is 10.2. The second-order valence-electron chi connectivity index (χ2n) is 6.73. The Morgan fingerprint density at radius 3 is 2.78 bits per heavy atom. The van der Waals surface area contributed by atoms with E-state index in [1.807, 2.05) is 43.7 Å². The van der Waals surface area contributed by atoms with Gasteiger partial charge in [0.15, 0.2) is 0 Å². The lowest BCUT2D eigenvalue weighted by molar-refractivity contribution is 0.0355. The van der Waals surface area contributed by atoms with Crippen molar-refractivity contribution in [2.45, 2.75) is 45.4 Å². The zero-order valence-electron chi connectivity index (χ0n) is 13.9. The van der Waals surface area contributed by atoms with Gasteiger partial charge in [0.05, 0.1) is 36.6 Å². The molecule has 1 aliphatic rings. The Morgan fingerprint density at radius 2 is 2.13 bits per heavy atom. The van der Waals surface area contributed by atoms with Crippen LogP contribution in [-0.2, 0) is 11.3 Å². The minimum absolute atomic E-state index is 0.0642. The van der Waals surface area contributed by atoms with Crippen LogP contribution in [0.3, 0.4) is 0 Å². The Balaban J connectivity index is 1.68. The smallest absolute Gasteiger partial charge is 0.255 e. The van der Waals surface area contributed by atoms with Gasteiger partial charge in [0.1, 0.15) is 0 Å². The predicted octanol–water partition coefficient (Wildman–Crippen LogP) is 2.54. The molecule has 0 radical (unpaired) electrons. The fourth-order valence-electron chi connectivity index (χ4n) is 2.98. The zero-order valence-corrected chi connectivity index (χ0v) is 13.9. The van der Waals surface area contributed by atoms with Crippen molar-refractivity contribution < 1.29 is 9.53 Å². The molecule has 2 aromatic rings. The molecule has 0 spiro atoms. The highest BCUT2D eigenvalue weighted by atomic mass is 16.5. The highest BCUT2D eigenvalue weighted by molar-refractivity contribution is 5.95. The third kappa shape index (κ3) is 3.62. The van der Waals surface area contributed by atoms with Gasteiger partial charge in [-0.25, -0.2) is 0 Å². The molecule has 122 valence electrons. The molecule has 2 heterocycles. The average Bonchev–Trinajstić information content (AvgIpc) is 3.03. The summed E-state index contributed by atoms with van der Waals surface area (Å²) >= 11 is 0. The Kier molecular flexibility index (Phi) is 4.22. The van der Waals surface area contributed by atoms with Crippen molar-refractivity contribution in [2.24, 2.45) is 0 Å². The van der Waals surface area contributed by atoms with E-state index in [9.17, 15) is 4.79 Å². The number of amides is 1. The van der Waals surface area contributed by atoms with E-state index >= 15 is 0 Å². The number of hydrogen-bond donors (Lipinski definition) is 1. The summed E-state index contributed by atoms with van der Waals surface area (Å²) < 4.78 is 7.53. The first-order valence-corrected chi connectivity index (χ1v) is 7.96. The first-order valence-electron chi connectivity index (χ1n) is 7.96. The first-order chi connectivity index (χ1) is 10.9. The minimum Gasteiger partial charge on any atom is -0.373 e. The van der Waals surface area contributed by atoms with E-state index in [1.165, 1.54) is 0 Å². The molecule has 0 aliphatic carbocycles. The quantitative estimate of drug-likeness (QED) is 0.944. The second-order valence-corrected chi connectivity index (χ2v) is 6.73. The van der Waals surface area contributed by atoms with Gasteiger partial charge in [-0.3, -0.25) is 9.48 Å². The fraction of sp³-hybridized carbons (Fsp3) is 0.444. The molecule has 3 rings (SSSR count). The molecule has 1 N–H and O–H groups in total. The molecule has 5 nitrogen and oxygen atoms in total. The van der Waals surface area contributed by atoms with Crippen LogP contribution in [0.15, 0.2) is 36.5 Å². The standard InChI is InChI=1S/C18H23N3O2/c1-13-16(17(22)20-15-9-18(2,3)23-12-15)10-19-21(13)11-14-7-5-4-6-8-14/h4-8,10,15H,9,11-12H2,1-3H3,(H,20,22). The third-order valence-corrected chi connectivity index (χ3v) is 4.27. The number of nitrogens with zero attached hydrogens (tertiary/aromatic N) is 2. The Morgan fingerprint density at radius 1 is 1.39 bits per heavy atom. The highest BCUT2D eigenvalue weighted by Crippen LogP contribution is 2.24. The van der Waals surface area contributed by atoms with Crippen molar-refractivity contribution >= 4 is 5.91 Å². The first kappa shape index (κ1) is 15.7. The highest BCUT2D eigenvalue weighted by Gasteiger charge is 2.33. The van der Waals surface area contributed by atoms with Crippen molar-refractivity contribution in [3.05, 3.63) is 53.3 Å². The van der Waals surface area contributed by atoms with Gasteiger partial charge in [-0.2, -0.15) is 5.10 Å². The van der Waals surface area contributed by atoms with Gasteiger partial charge in [0.2, 0.25) is 0 Å². The predicted molar refractivity (Wildman–Crippen MR) is 88.4 cm³/mol. The number of aromatic nitrogens is 2. The van der Waals surface area contributed by atoms with Gasteiger partial charge >= 0.3 is 0 Å². The molecule has 1 unspecified atom stereocenters. The molecule has 1 atom stereocenters. The lowest BCUT2D eigenvalue weighted by atomic mass is 10.0. The van der Waals surface area contributed by atoms with Crippen LogP contribution in [0.1, 0.15) is 41.9 Å². The van der Waals surface area contributed by atoms with Crippen molar-refractivity contribution in [3.8, 4) is 0 Å². The molecule has 5 heteroatoms. The molecule has 1 aliphatic heterocycles. The molecule has 0 saturated carbocycles. The number of ether oxygens (including phenoxy) is 1. The van der Waals surface area contributed by atoms with Crippen LogP contribution < -0.4 is 5.32 Å².